The lowest BCUT2D eigenvalue weighted by Gasteiger charge is -2.39. The maximum atomic E-state index is 6.24. The topological polar surface area (TPSA) is 46.2 Å². The standard InChI is InChI=1S/C24H40O5Si3/c1-30(2,3)16-10-13-25-21-20-19-28-24(29-20)23(27-15-12-18-32(7,8)9)22(21)26-14-11-17-31(4,5)6/h20-24H,13-15,19H2,1-9H3/t20-,21-,22+,23-,24-/m1/s1. The summed E-state index contributed by atoms with van der Waals surface area (Å²) in [5.41, 5.74) is 10.0. The van der Waals surface area contributed by atoms with Crippen molar-refractivity contribution in [1.29, 1.82) is 0 Å². The summed E-state index contributed by atoms with van der Waals surface area (Å²) in [6.07, 6.45) is -1.77. The fourth-order valence-electron chi connectivity index (χ4n) is 3.22. The molecule has 0 N–H and O–H groups in total. The van der Waals surface area contributed by atoms with E-state index in [9.17, 15) is 0 Å². The molecule has 0 aromatic heterocycles. The zero-order valence-corrected chi connectivity index (χ0v) is 24.3. The van der Waals surface area contributed by atoms with Gasteiger partial charge in [-0.15, -0.1) is 16.6 Å². The van der Waals surface area contributed by atoms with E-state index in [0.717, 1.165) is 0 Å². The van der Waals surface area contributed by atoms with E-state index in [0.29, 0.717) is 26.4 Å². The second kappa shape index (κ2) is 11.5. The van der Waals surface area contributed by atoms with E-state index in [1.54, 1.807) is 0 Å². The quantitative estimate of drug-likeness (QED) is 0.419. The van der Waals surface area contributed by atoms with Gasteiger partial charge in [-0.3, -0.25) is 0 Å². The van der Waals surface area contributed by atoms with Crippen molar-refractivity contribution in [2.24, 2.45) is 0 Å². The van der Waals surface area contributed by atoms with Crippen LogP contribution in [0.25, 0.3) is 0 Å². The minimum absolute atomic E-state index is 0.198. The largest absolute Gasteiger partial charge is 0.360 e. The summed E-state index contributed by atoms with van der Waals surface area (Å²) in [6.45, 7) is 21.4. The maximum Gasteiger partial charge on any atom is 0.187 e. The van der Waals surface area contributed by atoms with Crippen LogP contribution in [0, 0.1) is 34.4 Å². The van der Waals surface area contributed by atoms with Crippen LogP contribution in [0.3, 0.4) is 0 Å². The van der Waals surface area contributed by atoms with Gasteiger partial charge < -0.3 is 23.7 Å². The Morgan fingerprint density at radius 2 is 1.03 bits per heavy atom. The lowest BCUT2D eigenvalue weighted by atomic mass is 10.0. The Labute approximate surface area is 198 Å². The summed E-state index contributed by atoms with van der Waals surface area (Å²) in [6, 6.07) is 0. The normalized spacial score (nSPS) is 27.5. The molecule has 0 amide bonds. The molecule has 0 aromatic carbocycles. The van der Waals surface area contributed by atoms with Gasteiger partial charge in [0.05, 0.1) is 6.61 Å². The number of hydrogen-bond acceptors (Lipinski definition) is 5. The zero-order chi connectivity index (χ0) is 24.0. The molecule has 5 atom stereocenters. The summed E-state index contributed by atoms with van der Waals surface area (Å²) in [7, 11) is -4.37. The third-order valence-electron chi connectivity index (χ3n) is 4.45. The average molecular weight is 493 g/mol. The highest BCUT2D eigenvalue weighted by Gasteiger charge is 2.52. The molecule has 2 bridgehead atoms. The zero-order valence-electron chi connectivity index (χ0n) is 21.3. The third-order valence-corrected chi connectivity index (χ3v) is 7.23. The van der Waals surface area contributed by atoms with Crippen LogP contribution in [-0.2, 0) is 23.7 Å². The smallest absolute Gasteiger partial charge is 0.187 e. The molecule has 2 heterocycles. The summed E-state index contributed by atoms with van der Waals surface area (Å²) >= 11 is 0. The minimum atomic E-state index is -1.46. The van der Waals surface area contributed by atoms with Crippen molar-refractivity contribution in [1.82, 2.24) is 0 Å². The highest BCUT2D eigenvalue weighted by atomic mass is 28.3. The molecule has 0 saturated carbocycles. The molecule has 178 valence electrons. The van der Waals surface area contributed by atoms with Gasteiger partial charge in [-0.25, -0.2) is 0 Å². The number of fused-ring (bicyclic) bond motifs is 2. The first-order chi connectivity index (χ1) is 14.8. The molecule has 2 aliphatic heterocycles. The fraction of sp³-hybridized carbons (Fsp3) is 0.750. The predicted octanol–water partition coefficient (Wildman–Crippen LogP) is 3.54. The summed E-state index contributed by atoms with van der Waals surface area (Å²) in [4.78, 5) is 0. The molecule has 32 heavy (non-hydrogen) atoms. The van der Waals surface area contributed by atoms with Gasteiger partial charge in [0, 0.05) is 0 Å². The average Bonchev–Trinajstić information content (AvgIpc) is 3.05. The molecule has 8 heteroatoms. The summed E-state index contributed by atoms with van der Waals surface area (Å²) in [5, 5.41) is 0. The van der Waals surface area contributed by atoms with Crippen LogP contribution in [0.1, 0.15) is 0 Å². The molecule has 2 fully saturated rings. The molecule has 0 unspecified atom stereocenters. The fourth-order valence-corrected chi connectivity index (χ4v) is 5.03. The Hall–Kier alpha value is -0.869. The second-order valence-electron chi connectivity index (χ2n) is 11.4. The van der Waals surface area contributed by atoms with Crippen LogP contribution >= 0.6 is 0 Å². The van der Waals surface area contributed by atoms with E-state index in [4.69, 9.17) is 23.7 Å². The van der Waals surface area contributed by atoms with Gasteiger partial charge in [0.2, 0.25) is 0 Å². The molecule has 2 rings (SSSR count). The van der Waals surface area contributed by atoms with E-state index >= 15 is 0 Å². The van der Waals surface area contributed by atoms with Crippen molar-refractivity contribution in [3.63, 3.8) is 0 Å². The molecule has 0 radical (unpaired) electrons. The van der Waals surface area contributed by atoms with Crippen LogP contribution in [0.2, 0.25) is 58.9 Å². The van der Waals surface area contributed by atoms with E-state index in [2.05, 4.69) is 93.3 Å². The van der Waals surface area contributed by atoms with Gasteiger partial charge in [0.25, 0.3) is 0 Å². The second-order valence-corrected chi connectivity index (χ2v) is 25.6. The van der Waals surface area contributed by atoms with Crippen molar-refractivity contribution >= 4 is 24.2 Å². The van der Waals surface area contributed by atoms with Gasteiger partial charge in [-0.05, 0) is 0 Å². The van der Waals surface area contributed by atoms with Crippen molar-refractivity contribution in [3.8, 4) is 34.4 Å². The molecule has 2 saturated heterocycles. The van der Waals surface area contributed by atoms with E-state index in [-0.39, 0.29) is 18.3 Å². The van der Waals surface area contributed by atoms with Crippen molar-refractivity contribution in [3.05, 3.63) is 0 Å². The van der Waals surface area contributed by atoms with Crippen molar-refractivity contribution in [2.75, 3.05) is 26.4 Å². The van der Waals surface area contributed by atoms with Gasteiger partial charge in [-0.2, -0.15) is 0 Å². The van der Waals surface area contributed by atoms with Gasteiger partial charge in [-0.1, -0.05) is 76.7 Å². The molecule has 0 aliphatic carbocycles. The first-order valence-corrected chi connectivity index (χ1v) is 21.9. The Balaban J connectivity index is 2.14. The molecule has 2 aliphatic rings. The summed E-state index contributed by atoms with van der Waals surface area (Å²) in [5.74, 6) is 9.53. The minimum Gasteiger partial charge on any atom is -0.360 e. The monoisotopic (exact) mass is 492 g/mol. The SMILES string of the molecule is C[Si](C)(C)C#CCO[C@@H]1[C@@H](OCC#C[Si](C)(C)C)[C@@H]2OC[C@@H](O2)[C@H]1OCC#C[Si](C)(C)C. The number of rotatable bonds is 6. The predicted molar refractivity (Wildman–Crippen MR) is 137 cm³/mol. The molecule has 0 spiro atoms. The highest BCUT2D eigenvalue weighted by Crippen LogP contribution is 2.33. The summed E-state index contributed by atoms with van der Waals surface area (Å²) < 4.78 is 30.5. The van der Waals surface area contributed by atoms with E-state index in [1.807, 2.05) is 0 Å². The van der Waals surface area contributed by atoms with Crippen LogP contribution in [-0.4, -0.2) is 81.4 Å². The molecular weight excluding hydrogens is 453 g/mol. The van der Waals surface area contributed by atoms with Crippen molar-refractivity contribution in [2.45, 2.75) is 89.6 Å². The van der Waals surface area contributed by atoms with Crippen LogP contribution in [0.4, 0.5) is 0 Å². The molecule has 0 aromatic rings. The van der Waals surface area contributed by atoms with Crippen LogP contribution < -0.4 is 0 Å². The third kappa shape index (κ3) is 9.95. The number of ether oxygens (including phenoxy) is 5. The van der Waals surface area contributed by atoms with Gasteiger partial charge in [0.15, 0.2) is 6.29 Å². The first kappa shape index (κ1) is 27.4. The van der Waals surface area contributed by atoms with Crippen LogP contribution in [0.15, 0.2) is 0 Å². The highest BCUT2D eigenvalue weighted by molar-refractivity contribution is 6.84. The lowest BCUT2D eigenvalue weighted by Crippen LogP contribution is -2.57. The van der Waals surface area contributed by atoms with Crippen molar-refractivity contribution < 1.29 is 23.7 Å². The Morgan fingerprint density at radius 1 is 0.625 bits per heavy atom. The van der Waals surface area contributed by atoms with Gasteiger partial charge >= 0.3 is 0 Å². The number of hydrogen-bond donors (Lipinski definition) is 0. The lowest BCUT2D eigenvalue weighted by molar-refractivity contribution is -0.255. The Morgan fingerprint density at radius 3 is 1.47 bits per heavy atom. The van der Waals surface area contributed by atoms with Crippen LogP contribution in [0.5, 0.6) is 0 Å². The first-order valence-electron chi connectivity index (χ1n) is 11.4. The Kier molecular flexibility index (Phi) is 9.85. The molecule has 5 nitrogen and oxygen atoms in total. The maximum absolute atomic E-state index is 6.24. The van der Waals surface area contributed by atoms with Gasteiger partial charge in [0.1, 0.15) is 68.5 Å². The molecular formula is C24H40O5Si3. The Bertz CT molecular complexity index is 755. The van der Waals surface area contributed by atoms with E-state index in [1.165, 1.54) is 0 Å². The van der Waals surface area contributed by atoms with E-state index < -0.39 is 36.6 Å².